The maximum absolute atomic E-state index is 12.7. The number of likely N-dealkylation sites (tertiary alicyclic amines) is 2. The number of ether oxygens (including phenoxy) is 1. The second-order valence-electron chi connectivity index (χ2n) is 6.84. The van der Waals surface area contributed by atoms with Crippen molar-refractivity contribution in [3.63, 3.8) is 0 Å². The summed E-state index contributed by atoms with van der Waals surface area (Å²) in [5, 5.41) is 0. The van der Waals surface area contributed by atoms with Crippen molar-refractivity contribution in [2.45, 2.75) is 37.7 Å². The number of thiophene rings is 1. The van der Waals surface area contributed by atoms with Crippen LogP contribution < -0.4 is 0 Å². The van der Waals surface area contributed by atoms with Crippen LogP contribution in [0.1, 0.15) is 45.8 Å². The van der Waals surface area contributed by atoms with Gasteiger partial charge in [-0.2, -0.15) is 0 Å². The van der Waals surface area contributed by atoms with Crippen LogP contribution >= 0.6 is 11.3 Å². The van der Waals surface area contributed by atoms with Crippen LogP contribution in [0.2, 0.25) is 0 Å². The largest absolute Gasteiger partial charge is 0.370 e. The second kappa shape index (κ2) is 5.62. The monoisotopic (exact) mass is 320 g/mol. The standard InChI is InChI=1S/C17H24N2O2S/c1-18-9-5-17(6-10-18)13-12-15(22-14(13)4-11-21-17)16(20)19-7-2-3-8-19/h12H,2-11H2,1H3. The van der Waals surface area contributed by atoms with Gasteiger partial charge in [0, 0.05) is 37.5 Å². The maximum atomic E-state index is 12.7. The minimum atomic E-state index is -0.125. The Balaban J connectivity index is 1.63. The molecule has 0 unspecified atom stereocenters. The van der Waals surface area contributed by atoms with Crippen LogP contribution in [0.5, 0.6) is 0 Å². The Kier molecular flexibility index (Phi) is 3.75. The summed E-state index contributed by atoms with van der Waals surface area (Å²) in [7, 11) is 2.17. The molecule has 120 valence electrons. The van der Waals surface area contributed by atoms with E-state index in [2.05, 4.69) is 18.0 Å². The van der Waals surface area contributed by atoms with Crippen LogP contribution in [-0.2, 0) is 16.8 Å². The Morgan fingerprint density at radius 2 is 1.95 bits per heavy atom. The third-order valence-electron chi connectivity index (χ3n) is 5.41. The van der Waals surface area contributed by atoms with Crippen LogP contribution in [0.3, 0.4) is 0 Å². The molecule has 3 aliphatic rings. The van der Waals surface area contributed by atoms with E-state index in [1.165, 1.54) is 10.4 Å². The molecule has 0 aromatic carbocycles. The first kappa shape index (κ1) is 14.7. The van der Waals surface area contributed by atoms with Crippen molar-refractivity contribution in [2.24, 2.45) is 0 Å². The second-order valence-corrected chi connectivity index (χ2v) is 7.98. The van der Waals surface area contributed by atoms with E-state index in [9.17, 15) is 4.79 Å². The highest BCUT2D eigenvalue weighted by Gasteiger charge is 2.42. The van der Waals surface area contributed by atoms with Crippen molar-refractivity contribution >= 4 is 17.2 Å². The van der Waals surface area contributed by atoms with Gasteiger partial charge in [-0.05, 0) is 44.4 Å². The summed E-state index contributed by atoms with van der Waals surface area (Å²) in [4.78, 5) is 19.4. The quantitative estimate of drug-likeness (QED) is 0.797. The van der Waals surface area contributed by atoms with E-state index in [0.29, 0.717) is 0 Å². The Bertz CT molecular complexity index is 569. The minimum absolute atomic E-state index is 0.125. The average molecular weight is 320 g/mol. The molecule has 0 bridgehead atoms. The molecule has 0 atom stereocenters. The lowest BCUT2D eigenvalue weighted by atomic mass is 9.82. The van der Waals surface area contributed by atoms with Crippen LogP contribution in [0, 0.1) is 0 Å². The Morgan fingerprint density at radius 1 is 1.23 bits per heavy atom. The number of nitrogens with zero attached hydrogens (tertiary/aromatic N) is 2. The smallest absolute Gasteiger partial charge is 0.263 e. The van der Waals surface area contributed by atoms with Crippen LogP contribution in [-0.4, -0.2) is 55.5 Å². The van der Waals surface area contributed by atoms with E-state index < -0.39 is 0 Å². The van der Waals surface area contributed by atoms with Crippen molar-refractivity contribution < 1.29 is 9.53 Å². The normalized spacial score (nSPS) is 24.7. The van der Waals surface area contributed by atoms with E-state index in [-0.39, 0.29) is 11.5 Å². The predicted octanol–water partition coefficient (Wildman–Crippen LogP) is 2.48. The zero-order valence-electron chi connectivity index (χ0n) is 13.3. The summed E-state index contributed by atoms with van der Waals surface area (Å²) in [6.07, 6.45) is 5.35. The van der Waals surface area contributed by atoms with Crippen molar-refractivity contribution in [1.82, 2.24) is 9.80 Å². The Hall–Kier alpha value is -0.910. The molecular formula is C17H24N2O2S. The van der Waals surface area contributed by atoms with Gasteiger partial charge in [0.15, 0.2) is 0 Å². The van der Waals surface area contributed by atoms with Crippen molar-refractivity contribution in [2.75, 3.05) is 39.8 Å². The summed E-state index contributed by atoms with van der Waals surface area (Å²) < 4.78 is 6.25. The molecule has 1 aromatic rings. The van der Waals surface area contributed by atoms with Gasteiger partial charge in [-0.3, -0.25) is 4.79 Å². The molecule has 1 spiro atoms. The van der Waals surface area contributed by atoms with Gasteiger partial charge < -0.3 is 14.5 Å². The Labute approximate surface area is 136 Å². The van der Waals surface area contributed by atoms with Crippen LogP contribution in [0.4, 0.5) is 0 Å². The summed E-state index contributed by atoms with van der Waals surface area (Å²) in [5.74, 6) is 0.236. The van der Waals surface area contributed by atoms with Gasteiger partial charge in [-0.25, -0.2) is 0 Å². The molecule has 0 aliphatic carbocycles. The predicted molar refractivity (Wildman–Crippen MR) is 87.5 cm³/mol. The first-order chi connectivity index (χ1) is 10.7. The van der Waals surface area contributed by atoms with Crippen molar-refractivity contribution in [3.8, 4) is 0 Å². The maximum Gasteiger partial charge on any atom is 0.263 e. The van der Waals surface area contributed by atoms with Gasteiger partial charge in [0.25, 0.3) is 5.91 Å². The average Bonchev–Trinajstić information content (AvgIpc) is 3.19. The fourth-order valence-corrected chi connectivity index (χ4v) is 5.19. The number of piperidine rings is 1. The summed E-state index contributed by atoms with van der Waals surface area (Å²) >= 11 is 1.71. The summed E-state index contributed by atoms with van der Waals surface area (Å²) in [6.45, 7) is 4.80. The van der Waals surface area contributed by atoms with Gasteiger partial charge in [0.1, 0.15) is 0 Å². The van der Waals surface area contributed by atoms with E-state index in [4.69, 9.17) is 4.74 Å². The molecular weight excluding hydrogens is 296 g/mol. The third-order valence-corrected chi connectivity index (χ3v) is 6.59. The van der Waals surface area contributed by atoms with Gasteiger partial charge in [-0.1, -0.05) is 0 Å². The SMILES string of the molecule is CN1CCC2(CC1)OCCc1sc(C(=O)N3CCCC3)cc12. The number of hydrogen-bond donors (Lipinski definition) is 0. The van der Waals surface area contributed by atoms with Gasteiger partial charge in [0.2, 0.25) is 0 Å². The minimum Gasteiger partial charge on any atom is -0.370 e. The number of amides is 1. The van der Waals surface area contributed by atoms with E-state index in [0.717, 1.165) is 69.8 Å². The molecule has 2 fully saturated rings. The van der Waals surface area contributed by atoms with Crippen LogP contribution in [0.15, 0.2) is 6.07 Å². The fourth-order valence-electron chi connectivity index (χ4n) is 3.99. The number of hydrogen-bond acceptors (Lipinski definition) is 4. The van der Waals surface area contributed by atoms with Crippen molar-refractivity contribution in [3.05, 3.63) is 21.4 Å². The first-order valence-electron chi connectivity index (χ1n) is 8.43. The Morgan fingerprint density at radius 3 is 2.68 bits per heavy atom. The number of rotatable bonds is 1. The first-order valence-corrected chi connectivity index (χ1v) is 9.25. The molecule has 0 radical (unpaired) electrons. The summed E-state index contributed by atoms with van der Waals surface area (Å²) in [6, 6.07) is 2.16. The topological polar surface area (TPSA) is 32.8 Å². The molecule has 4 nitrogen and oxygen atoms in total. The number of fused-ring (bicyclic) bond motifs is 2. The van der Waals surface area contributed by atoms with Gasteiger partial charge >= 0.3 is 0 Å². The zero-order valence-corrected chi connectivity index (χ0v) is 14.1. The lowest BCUT2D eigenvalue weighted by Crippen LogP contribution is -2.44. The molecule has 4 rings (SSSR count). The summed E-state index contributed by atoms with van der Waals surface area (Å²) in [5.41, 5.74) is 1.19. The van der Waals surface area contributed by atoms with E-state index in [1.54, 1.807) is 11.3 Å². The highest BCUT2D eigenvalue weighted by Crippen LogP contribution is 2.44. The van der Waals surface area contributed by atoms with Crippen LogP contribution in [0.25, 0.3) is 0 Å². The molecule has 5 heteroatoms. The molecule has 22 heavy (non-hydrogen) atoms. The highest BCUT2D eigenvalue weighted by molar-refractivity contribution is 7.14. The molecule has 3 aliphatic heterocycles. The van der Waals surface area contributed by atoms with Gasteiger partial charge in [0.05, 0.1) is 17.1 Å². The molecule has 2 saturated heterocycles. The molecule has 0 saturated carbocycles. The fraction of sp³-hybridized carbons (Fsp3) is 0.706. The van der Waals surface area contributed by atoms with E-state index >= 15 is 0 Å². The van der Waals surface area contributed by atoms with E-state index in [1.807, 2.05) is 4.90 Å². The number of carbonyl (C=O) groups is 1. The molecule has 1 amide bonds. The zero-order chi connectivity index (χ0) is 15.2. The lowest BCUT2D eigenvalue weighted by Gasteiger charge is -2.43. The number of carbonyl (C=O) groups excluding carboxylic acids is 1. The van der Waals surface area contributed by atoms with Gasteiger partial charge in [-0.15, -0.1) is 11.3 Å². The third kappa shape index (κ3) is 2.39. The highest BCUT2D eigenvalue weighted by atomic mass is 32.1. The van der Waals surface area contributed by atoms with Crippen molar-refractivity contribution in [1.29, 1.82) is 0 Å². The molecule has 4 heterocycles. The molecule has 1 aromatic heterocycles. The molecule has 0 N–H and O–H groups in total. The lowest BCUT2D eigenvalue weighted by molar-refractivity contribution is -0.0942.